The average molecular weight is 111 g/mol. The van der Waals surface area contributed by atoms with E-state index in [-0.39, 0.29) is 0 Å². The van der Waals surface area contributed by atoms with Gasteiger partial charge in [0.05, 0.1) is 0 Å². The summed E-state index contributed by atoms with van der Waals surface area (Å²) in [7, 11) is 0. The van der Waals surface area contributed by atoms with Gasteiger partial charge in [-0.15, -0.1) is 6.58 Å². The minimum atomic E-state index is 0.468. The Balaban J connectivity index is 2.98. The minimum absolute atomic E-state index is 0.468. The lowest BCUT2D eigenvalue weighted by atomic mass is 10.1. The van der Waals surface area contributed by atoms with Gasteiger partial charge in [-0.25, -0.2) is 0 Å². The predicted octanol–water partition coefficient (Wildman–Crippen LogP) is 2.81. The van der Waals surface area contributed by atoms with Crippen LogP contribution in [0.5, 0.6) is 0 Å². The molecule has 0 aromatic carbocycles. The van der Waals surface area contributed by atoms with Crippen LogP contribution in [0.4, 0.5) is 0 Å². The summed E-state index contributed by atoms with van der Waals surface area (Å²) in [6.07, 6.45) is 5.65. The number of hydrogen-bond donors (Lipinski definition) is 0. The Hall–Kier alpha value is -0.260. The fourth-order valence-corrected chi connectivity index (χ4v) is 0.584. The van der Waals surface area contributed by atoms with Gasteiger partial charge in [-0.05, 0) is 19.3 Å². The Kier molecular flexibility index (Phi) is 4.73. The summed E-state index contributed by atoms with van der Waals surface area (Å²) in [5.74, 6) is 0.468. The molecule has 0 rings (SSSR count). The van der Waals surface area contributed by atoms with Gasteiger partial charge < -0.3 is 0 Å². The van der Waals surface area contributed by atoms with Crippen LogP contribution in [0.25, 0.3) is 0 Å². The molecule has 0 aliphatic carbocycles. The maximum atomic E-state index is 3.88. The summed E-state index contributed by atoms with van der Waals surface area (Å²) in [6, 6.07) is 0. The topological polar surface area (TPSA) is 0 Å². The van der Waals surface area contributed by atoms with E-state index in [2.05, 4.69) is 20.4 Å². The third-order valence-corrected chi connectivity index (χ3v) is 1.26. The standard InChI is InChI=1S/C8H15/c1-4-6-7-8(3)5-2/h5,8H,2-4,6-7H2,1H3. The second-order valence-electron chi connectivity index (χ2n) is 2.14. The van der Waals surface area contributed by atoms with Gasteiger partial charge in [-0.3, -0.25) is 0 Å². The number of rotatable bonds is 4. The van der Waals surface area contributed by atoms with Gasteiger partial charge in [0, 0.05) is 0 Å². The van der Waals surface area contributed by atoms with Crippen molar-refractivity contribution < 1.29 is 0 Å². The molecule has 0 spiro atoms. The van der Waals surface area contributed by atoms with Crippen molar-refractivity contribution in [3.63, 3.8) is 0 Å². The molecule has 8 heavy (non-hydrogen) atoms. The molecule has 0 bridgehead atoms. The summed E-state index contributed by atoms with van der Waals surface area (Å²) in [5.41, 5.74) is 0. The van der Waals surface area contributed by atoms with Gasteiger partial charge in [0.2, 0.25) is 0 Å². The fourth-order valence-electron chi connectivity index (χ4n) is 0.584. The molecular formula is C8H15. The molecule has 0 fully saturated rings. The highest BCUT2D eigenvalue weighted by molar-refractivity contribution is 4.79. The van der Waals surface area contributed by atoms with E-state index in [9.17, 15) is 0 Å². The van der Waals surface area contributed by atoms with Crippen LogP contribution in [0.2, 0.25) is 0 Å². The first-order valence-corrected chi connectivity index (χ1v) is 3.27. The third-order valence-electron chi connectivity index (χ3n) is 1.26. The van der Waals surface area contributed by atoms with Crippen LogP contribution in [-0.4, -0.2) is 0 Å². The molecule has 1 radical (unpaired) electrons. The molecular weight excluding hydrogens is 96.1 g/mol. The molecule has 0 aromatic rings. The van der Waals surface area contributed by atoms with E-state index in [1.54, 1.807) is 0 Å². The third kappa shape index (κ3) is 3.91. The lowest BCUT2D eigenvalue weighted by Crippen LogP contribution is -1.86. The molecule has 0 saturated heterocycles. The molecule has 0 heteroatoms. The highest BCUT2D eigenvalue weighted by Crippen LogP contribution is 2.06. The van der Waals surface area contributed by atoms with Gasteiger partial charge in [0.1, 0.15) is 0 Å². The monoisotopic (exact) mass is 111 g/mol. The van der Waals surface area contributed by atoms with E-state index in [1.165, 1.54) is 19.3 Å². The van der Waals surface area contributed by atoms with E-state index < -0.39 is 0 Å². The summed E-state index contributed by atoms with van der Waals surface area (Å²) in [5, 5.41) is 0. The molecule has 0 amide bonds. The molecule has 0 aliphatic rings. The van der Waals surface area contributed by atoms with Crippen molar-refractivity contribution in [2.45, 2.75) is 26.2 Å². The van der Waals surface area contributed by atoms with Crippen LogP contribution < -0.4 is 0 Å². The van der Waals surface area contributed by atoms with Gasteiger partial charge in [-0.2, -0.15) is 0 Å². The number of hydrogen-bond acceptors (Lipinski definition) is 0. The second kappa shape index (κ2) is 4.89. The van der Waals surface area contributed by atoms with Crippen molar-refractivity contribution >= 4 is 0 Å². The van der Waals surface area contributed by atoms with Crippen molar-refractivity contribution in [1.29, 1.82) is 0 Å². The van der Waals surface area contributed by atoms with Crippen molar-refractivity contribution in [3.05, 3.63) is 19.6 Å². The van der Waals surface area contributed by atoms with Gasteiger partial charge in [-0.1, -0.05) is 25.8 Å². The molecule has 0 heterocycles. The van der Waals surface area contributed by atoms with E-state index in [0.29, 0.717) is 5.92 Å². The Labute approximate surface area is 52.6 Å². The van der Waals surface area contributed by atoms with Crippen molar-refractivity contribution in [1.82, 2.24) is 0 Å². The zero-order valence-electron chi connectivity index (χ0n) is 5.69. The Morgan fingerprint density at radius 3 is 2.62 bits per heavy atom. The normalized spacial score (nSPS) is 13.2. The zero-order chi connectivity index (χ0) is 6.41. The zero-order valence-corrected chi connectivity index (χ0v) is 5.69. The second-order valence-corrected chi connectivity index (χ2v) is 2.14. The molecule has 0 saturated carbocycles. The lowest BCUT2D eigenvalue weighted by Gasteiger charge is -2.00. The van der Waals surface area contributed by atoms with Crippen LogP contribution in [0.1, 0.15) is 26.2 Å². The fraction of sp³-hybridized carbons (Fsp3) is 0.625. The SMILES string of the molecule is [CH2]C(C=C)CCCC. The maximum absolute atomic E-state index is 3.88. The van der Waals surface area contributed by atoms with E-state index >= 15 is 0 Å². The van der Waals surface area contributed by atoms with Crippen molar-refractivity contribution in [3.8, 4) is 0 Å². The van der Waals surface area contributed by atoms with E-state index in [0.717, 1.165) is 0 Å². The Bertz CT molecular complexity index is 55.1. The van der Waals surface area contributed by atoms with E-state index in [4.69, 9.17) is 0 Å². The summed E-state index contributed by atoms with van der Waals surface area (Å²) in [6.45, 7) is 9.72. The molecule has 0 nitrogen and oxygen atoms in total. The highest BCUT2D eigenvalue weighted by Gasteiger charge is 1.91. The summed E-state index contributed by atoms with van der Waals surface area (Å²) >= 11 is 0. The lowest BCUT2D eigenvalue weighted by molar-refractivity contribution is 0.640. The first-order valence-electron chi connectivity index (χ1n) is 3.27. The molecule has 0 N–H and O–H groups in total. The van der Waals surface area contributed by atoms with Crippen molar-refractivity contribution in [2.24, 2.45) is 5.92 Å². The average Bonchev–Trinajstić information content (AvgIpc) is 1.83. The Morgan fingerprint density at radius 2 is 2.25 bits per heavy atom. The highest BCUT2D eigenvalue weighted by atomic mass is 14.0. The molecule has 1 atom stereocenters. The van der Waals surface area contributed by atoms with Gasteiger partial charge in [0.15, 0.2) is 0 Å². The smallest absolute Gasteiger partial charge is 0.0236 e. The molecule has 0 aliphatic heterocycles. The molecule has 47 valence electrons. The first-order chi connectivity index (χ1) is 3.81. The number of allylic oxidation sites excluding steroid dienone is 1. The first kappa shape index (κ1) is 7.74. The van der Waals surface area contributed by atoms with E-state index in [1.807, 2.05) is 6.08 Å². The summed E-state index contributed by atoms with van der Waals surface area (Å²) in [4.78, 5) is 0. The van der Waals surface area contributed by atoms with Crippen LogP contribution in [0, 0.1) is 12.8 Å². The Morgan fingerprint density at radius 1 is 1.62 bits per heavy atom. The van der Waals surface area contributed by atoms with Crippen LogP contribution in [0.15, 0.2) is 12.7 Å². The molecule has 0 aromatic heterocycles. The minimum Gasteiger partial charge on any atom is -0.103 e. The quantitative estimate of drug-likeness (QED) is 0.489. The van der Waals surface area contributed by atoms with Gasteiger partial charge in [0.25, 0.3) is 0 Å². The van der Waals surface area contributed by atoms with Crippen LogP contribution in [-0.2, 0) is 0 Å². The largest absolute Gasteiger partial charge is 0.103 e. The van der Waals surface area contributed by atoms with Crippen LogP contribution >= 0.6 is 0 Å². The summed E-state index contributed by atoms with van der Waals surface area (Å²) < 4.78 is 0. The predicted molar refractivity (Wildman–Crippen MR) is 38.6 cm³/mol. The molecule has 1 unspecified atom stereocenters. The number of unbranched alkanes of at least 4 members (excludes halogenated alkanes) is 1. The van der Waals surface area contributed by atoms with Gasteiger partial charge >= 0.3 is 0 Å². The van der Waals surface area contributed by atoms with Crippen molar-refractivity contribution in [2.75, 3.05) is 0 Å². The maximum Gasteiger partial charge on any atom is -0.0236 e. The van der Waals surface area contributed by atoms with Crippen LogP contribution in [0.3, 0.4) is 0 Å².